The lowest BCUT2D eigenvalue weighted by atomic mass is 10.2. The Morgan fingerprint density at radius 1 is 1.14 bits per heavy atom. The quantitative estimate of drug-likeness (QED) is 0.768. The first-order chi connectivity index (χ1) is 10.1. The molecule has 0 unspecified atom stereocenters. The molecule has 0 heterocycles. The Balaban J connectivity index is 2.56. The first-order valence-corrected chi connectivity index (χ1v) is 6.89. The Hall–Kier alpha value is -2.24. The van der Waals surface area contributed by atoms with E-state index in [1.165, 1.54) is 7.11 Å². The molecule has 0 saturated heterocycles. The number of carbonyl (C=O) groups excluding carboxylic acids is 2. The van der Waals surface area contributed by atoms with E-state index < -0.39 is 0 Å². The third kappa shape index (κ3) is 5.72. The lowest BCUT2D eigenvalue weighted by molar-refractivity contribution is -0.124. The van der Waals surface area contributed by atoms with Gasteiger partial charge >= 0.3 is 0 Å². The highest BCUT2D eigenvalue weighted by atomic mass is 16.5. The van der Waals surface area contributed by atoms with Crippen molar-refractivity contribution in [2.24, 2.45) is 0 Å². The zero-order valence-corrected chi connectivity index (χ0v) is 12.7. The summed E-state index contributed by atoms with van der Waals surface area (Å²) in [4.78, 5) is 23.3. The van der Waals surface area contributed by atoms with Crippen LogP contribution in [0, 0.1) is 0 Å². The fraction of sp³-hybridized carbons (Fsp3) is 0.467. The molecule has 0 radical (unpaired) electrons. The largest absolute Gasteiger partial charge is 0.497 e. The monoisotopic (exact) mass is 294 g/mol. The van der Waals surface area contributed by atoms with Gasteiger partial charge in [-0.15, -0.1) is 0 Å². The number of benzene rings is 1. The molecule has 0 aliphatic carbocycles. The van der Waals surface area contributed by atoms with Crippen molar-refractivity contribution in [1.82, 2.24) is 5.32 Å². The van der Waals surface area contributed by atoms with Crippen LogP contribution < -0.4 is 20.1 Å². The van der Waals surface area contributed by atoms with Gasteiger partial charge in [-0.2, -0.15) is 0 Å². The van der Waals surface area contributed by atoms with Crippen LogP contribution in [0.15, 0.2) is 18.2 Å². The number of anilines is 1. The van der Waals surface area contributed by atoms with Crippen LogP contribution >= 0.6 is 0 Å². The summed E-state index contributed by atoms with van der Waals surface area (Å²) in [6.45, 7) is 1.94. The zero-order valence-electron chi connectivity index (χ0n) is 12.7. The van der Waals surface area contributed by atoms with Crippen molar-refractivity contribution < 1.29 is 19.1 Å². The van der Waals surface area contributed by atoms with Crippen molar-refractivity contribution in [3.8, 4) is 11.5 Å². The van der Waals surface area contributed by atoms with Gasteiger partial charge < -0.3 is 20.1 Å². The molecular weight excluding hydrogens is 272 g/mol. The first-order valence-electron chi connectivity index (χ1n) is 6.89. The Morgan fingerprint density at radius 2 is 1.90 bits per heavy atom. The van der Waals surface area contributed by atoms with Gasteiger partial charge in [0.2, 0.25) is 11.8 Å². The topological polar surface area (TPSA) is 76.7 Å². The summed E-state index contributed by atoms with van der Waals surface area (Å²) < 4.78 is 10.3. The van der Waals surface area contributed by atoms with Gasteiger partial charge in [-0.25, -0.2) is 0 Å². The van der Waals surface area contributed by atoms with Gasteiger partial charge in [0.25, 0.3) is 0 Å². The Bertz CT molecular complexity index is 489. The van der Waals surface area contributed by atoms with Crippen molar-refractivity contribution in [2.75, 3.05) is 26.1 Å². The maximum Gasteiger partial charge on any atom is 0.243 e. The molecule has 0 spiro atoms. The Kier molecular flexibility index (Phi) is 7.08. The van der Waals surface area contributed by atoms with Crippen molar-refractivity contribution in [3.05, 3.63) is 18.2 Å². The number of ether oxygens (including phenoxy) is 2. The van der Waals surface area contributed by atoms with E-state index >= 15 is 0 Å². The molecule has 2 N–H and O–H groups in total. The molecule has 6 heteroatoms. The molecule has 21 heavy (non-hydrogen) atoms. The predicted molar refractivity (Wildman–Crippen MR) is 80.7 cm³/mol. The molecule has 0 aliphatic rings. The SMILES string of the molecule is CCCCC(=O)NCC(=O)Nc1cc(OC)ccc1OC. The van der Waals surface area contributed by atoms with Gasteiger partial charge in [0, 0.05) is 12.5 Å². The second-order valence-corrected chi connectivity index (χ2v) is 4.49. The van der Waals surface area contributed by atoms with Crippen molar-refractivity contribution in [2.45, 2.75) is 26.2 Å². The minimum Gasteiger partial charge on any atom is -0.497 e. The summed E-state index contributed by atoms with van der Waals surface area (Å²) in [5.74, 6) is 0.704. The second kappa shape index (κ2) is 8.84. The second-order valence-electron chi connectivity index (χ2n) is 4.49. The van der Waals surface area contributed by atoms with E-state index in [-0.39, 0.29) is 18.4 Å². The minimum absolute atomic E-state index is 0.0666. The van der Waals surface area contributed by atoms with E-state index in [2.05, 4.69) is 10.6 Å². The summed E-state index contributed by atoms with van der Waals surface area (Å²) in [6.07, 6.45) is 2.20. The number of hydrogen-bond donors (Lipinski definition) is 2. The minimum atomic E-state index is -0.314. The van der Waals surface area contributed by atoms with Crippen LogP contribution in [0.2, 0.25) is 0 Å². The summed E-state index contributed by atoms with van der Waals surface area (Å²) >= 11 is 0. The van der Waals surface area contributed by atoms with Gasteiger partial charge in [-0.05, 0) is 18.6 Å². The van der Waals surface area contributed by atoms with Crippen LogP contribution in [-0.2, 0) is 9.59 Å². The van der Waals surface area contributed by atoms with Crippen LogP contribution in [-0.4, -0.2) is 32.6 Å². The molecular formula is C15H22N2O4. The molecule has 0 atom stereocenters. The number of unbranched alkanes of at least 4 members (excludes halogenated alkanes) is 1. The van der Waals surface area contributed by atoms with Crippen molar-refractivity contribution in [3.63, 3.8) is 0 Å². The molecule has 1 rings (SSSR count). The van der Waals surface area contributed by atoms with Gasteiger partial charge in [0.1, 0.15) is 11.5 Å². The van der Waals surface area contributed by atoms with Crippen LogP contribution in [0.3, 0.4) is 0 Å². The molecule has 0 saturated carbocycles. The van der Waals surface area contributed by atoms with E-state index in [9.17, 15) is 9.59 Å². The van der Waals surface area contributed by atoms with Crippen molar-refractivity contribution in [1.29, 1.82) is 0 Å². The molecule has 1 aromatic carbocycles. The van der Waals surface area contributed by atoms with E-state index in [1.807, 2.05) is 6.92 Å². The molecule has 0 bridgehead atoms. The maximum atomic E-state index is 11.8. The molecule has 0 aromatic heterocycles. The smallest absolute Gasteiger partial charge is 0.243 e. The summed E-state index contributed by atoms with van der Waals surface area (Å²) in [5, 5.41) is 5.27. The highest BCUT2D eigenvalue weighted by molar-refractivity contribution is 5.95. The molecule has 0 fully saturated rings. The first kappa shape index (κ1) is 16.8. The van der Waals surface area contributed by atoms with Crippen LogP contribution in [0.1, 0.15) is 26.2 Å². The van der Waals surface area contributed by atoms with E-state index in [0.717, 1.165) is 12.8 Å². The fourth-order valence-corrected chi connectivity index (χ4v) is 1.71. The molecule has 116 valence electrons. The molecule has 0 aliphatic heterocycles. The van der Waals surface area contributed by atoms with Crippen LogP contribution in [0.4, 0.5) is 5.69 Å². The number of hydrogen-bond acceptors (Lipinski definition) is 4. The standard InChI is InChI=1S/C15H22N2O4/c1-4-5-6-14(18)16-10-15(19)17-12-9-11(20-2)7-8-13(12)21-3/h7-9H,4-6,10H2,1-3H3,(H,16,18)(H,17,19). The Morgan fingerprint density at radius 3 is 2.52 bits per heavy atom. The van der Waals surface area contributed by atoms with Gasteiger partial charge in [0.15, 0.2) is 0 Å². The number of carbonyl (C=O) groups is 2. The van der Waals surface area contributed by atoms with Crippen LogP contribution in [0.5, 0.6) is 11.5 Å². The third-order valence-electron chi connectivity index (χ3n) is 2.88. The van der Waals surface area contributed by atoms with Gasteiger partial charge in [-0.1, -0.05) is 13.3 Å². The van der Waals surface area contributed by atoms with Crippen molar-refractivity contribution >= 4 is 17.5 Å². The highest BCUT2D eigenvalue weighted by Crippen LogP contribution is 2.28. The van der Waals surface area contributed by atoms with Crippen LogP contribution in [0.25, 0.3) is 0 Å². The number of amides is 2. The van der Waals surface area contributed by atoms with E-state index in [0.29, 0.717) is 23.6 Å². The predicted octanol–water partition coefficient (Wildman–Crippen LogP) is 1.95. The lowest BCUT2D eigenvalue weighted by Crippen LogP contribution is -2.32. The average molecular weight is 294 g/mol. The zero-order chi connectivity index (χ0) is 15.7. The third-order valence-corrected chi connectivity index (χ3v) is 2.88. The van der Waals surface area contributed by atoms with E-state index in [1.54, 1.807) is 25.3 Å². The molecule has 1 aromatic rings. The maximum absolute atomic E-state index is 11.8. The summed E-state index contributed by atoms with van der Waals surface area (Å²) in [5.41, 5.74) is 0.504. The Labute approximate surface area is 124 Å². The number of methoxy groups -OCH3 is 2. The normalized spacial score (nSPS) is 9.86. The fourth-order valence-electron chi connectivity index (χ4n) is 1.71. The highest BCUT2D eigenvalue weighted by Gasteiger charge is 2.10. The van der Waals surface area contributed by atoms with Gasteiger partial charge in [-0.3, -0.25) is 9.59 Å². The molecule has 6 nitrogen and oxygen atoms in total. The number of nitrogens with one attached hydrogen (secondary N) is 2. The lowest BCUT2D eigenvalue weighted by Gasteiger charge is -2.12. The summed E-state index contributed by atoms with van der Waals surface area (Å²) in [6, 6.07) is 5.10. The van der Waals surface area contributed by atoms with Gasteiger partial charge in [0.05, 0.1) is 26.5 Å². The summed E-state index contributed by atoms with van der Waals surface area (Å²) in [7, 11) is 3.06. The molecule has 2 amide bonds. The number of rotatable bonds is 8. The average Bonchev–Trinajstić information content (AvgIpc) is 2.50. The van der Waals surface area contributed by atoms with E-state index in [4.69, 9.17) is 9.47 Å².